The van der Waals surface area contributed by atoms with Gasteiger partial charge in [0.05, 0.1) is 17.0 Å². The smallest absolute Gasteiger partial charge is 0.340 e. The van der Waals surface area contributed by atoms with E-state index in [-0.39, 0.29) is 30.4 Å². The molecule has 0 unspecified atom stereocenters. The number of carbonyl (C=O) groups excluding carboxylic acids is 2. The predicted molar refractivity (Wildman–Crippen MR) is 126 cm³/mol. The van der Waals surface area contributed by atoms with Crippen LogP contribution in [0, 0.1) is 10.8 Å². The van der Waals surface area contributed by atoms with Crippen LogP contribution in [-0.2, 0) is 32.7 Å². The maximum atomic E-state index is 13.2. The third kappa shape index (κ3) is 11.0. The number of esters is 2. The van der Waals surface area contributed by atoms with E-state index >= 15 is 0 Å². The van der Waals surface area contributed by atoms with E-state index in [0.717, 1.165) is 0 Å². The van der Waals surface area contributed by atoms with Crippen molar-refractivity contribution in [2.45, 2.75) is 48.5 Å². The summed E-state index contributed by atoms with van der Waals surface area (Å²) in [6.07, 6.45) is 1.36. The van der Waals surface area contributed by atoms with Crippen molar-refractivity contribution in [2.75, 3.05) is 37.8 Å². The summed E-state index contributed by atoms with van der Waals surface area (Å²) >= 11 is 0. The number of nitrogens with two attached hydrogens (primary N) is 2. The third-order valence-electron chi connectivity index (χ3n) is 3.95. The molecule has 12 nitrogen and oxygen atoms in total. The number of hydrogen-bond donors (Lipinski definition) is 2. The Balaban J connectivity index is 2.79. The van der Waals surface area contributed by atoms with Gasteiger partial charge in [0.2, 0.25) is 25.4 Å². The second-order valence-electron chi connectivity index (χ2n) is 9.48. The van der Waals surface area contributed by atoms with Crippen LogP contribution in [0.3, 0.4) is 0 Å². The molecule has 1 aromatic heterocycles. The molecular weight excluding hydrogens is 467 g/mol. The number of rotatable bonds is 11. The highest BCUT2D eigenvalue weighted by Crippen LogP contribution is 2.48. The lowest BCUT2D eigenvalue weighted by atomic mass is 9.98. The molecule has 1 rings (SSSR count). The Morgan fingerprint density at radius 2 is 1.47 bits per heavy atom. The molecule has 1 heterocycles. The maximum absolute atomic E-state index is 13.2. The summed E-state index contributed by atoms with van der Waals surface area (Å²) in [7, 11) is -3.85. The number of nitrogens with zero attached hydrogens (tertiary/aromatic N) is 2. The van der Waals surface area contributed by atoms with E-state index in [1.165, 1.54) is 6.07 Å². The molecule has 0 atom stereocenters. The van der Waals surface area contributed by atoms with Gasteiger partial charge in [-0.05, 0) is 54.0 Å². The molecule has 4 N–H and O–H groups in total. The lowest BCUT2D eigenvalue weighted by Crippen LogP contribution is -2.25. The molecule has 0 radical (unpaired) electrons. The molecule has 13 heteroatoms. The number of hydrogen-bond acceptors (Lipinski definition) is 12. The average molecular weight is 503 g/mol. The Bertz CT molecular complexity index is 881. The molecule has 192 valence electrons. The van der Waals surface area contributed by atoms with Crippen molar-refractivity contribution in [2.24, 2.45) is 10.8 Å². The minimum atomic E-state index is -3.85. The van der Waals surface area contributed by atoms with Gasteiger partial charge in [-0.1, -0.05) is 6.08 Å². The Kier molecular flexibility index (Phi) is 10.5. The number of allylic oxidation sites excluding steroid dienone is 1. The van der Waals surface area contributed by atoms with Gasteiger partial charge in [0.25, 0.3) is 0 Å². The van der Waals surface area contributed by atoms with Gasteiger partial charge in [0.15, 0.2) is 0 Å². The van der Waals surface area contributed by atoms with E-state index in [1.807, 2.05) is 0 Å². The molecule has 0 aliphatic carbocycles. The summed E-state index contributed by atoms with van der Waals surface area (Å²) in [6, 6.07) is 1.41. The summed E-state index contributed by atoms with van der Waals surface area (Å²) < 4.78 is 39.2. The second-order valence-corrected chi connectivity index (χ2v) is 11.6. The summed E-state index contributed by atoms with van der Waals surface area (Å²) in [6.45, 7) is 10.6. The summed E-state index contributed by atoms with van der Waals surface area (Å²) in [5.74, 6) is -0.775. The van der Waals surface area contributed by atoms with Crippen molar-refractivity contribution in [1.29, 1.82) is 0 Å². The van der Waals surface area contributed by atoms with Gasteiger partial charge in [0.1, 0.15) is 12.4 Å². The molecule has 0 amide bonds. The zero-order valence-corrected chi connectivity index (χ0v) is 21.6. The van der Waals surface area contributed by atoms with Crippen LogP contribution in [0.1, 0.15) is 48.5 Å². The number of carbonyl (C=O) groups is 2. The Morgan fingerprint density at radius 3 is 1.91 bits per heavy atom. The van der Waals surface area contributed by atoms with E-state index in [9.17, 15) is 14.2 Å². The van der Waals surface area contributed by atoms with Crippen molar-refractivity contribution in [1.82, 2.24) is 9.97 Å². The standard InChI is InChI=1S/C21H35N4O8P/c1-14(11-29-16-10-15(22)24-19(23)25-16)8-9-34(28,32-12-30-17(26)20(2,3)4)33-13-31-18(27)21(5,6)7/h8,10H,9,11-13H2,1-7H3,(H4,22,23,24,25)/b14-8+. The number of nitrogen functional groups attached to an aromatic ring is 2. The van der Waals surface area contributed by atoms with E-state index in [2.05, 4.69) is 9.97 Å². The zero-order valence-electron chi connectivity index (χ0n) is 20.7. The molecule has 1 aromatic rings. The number of anilines is 2. The summed E-state index contributed by atoms with van der Waals surface area (Å²) in [5.41, 5.74) is 10.3. The first-order valence-electron chi connectivity index (χ1n) is 10.4. The van der Waals surface area contributed by atoms with Crippen molar-refractivity contribution < 1.29 is 37.4 Å². The fourth-order valence-electron chi connectivity index (χ4n) is 1.95. The van der Waals surface area contributed by atoms with Crippen molar-refractivity contribution in [3.63, 3.8) is 0 Å². The SMILES string of the molecule is C/C(=C\CP(=O)(OCOC(=O)C(C)(C)C)OCOC(=O)C(C)(C)C)COc1cc(N)nc(N)n1. The lowest BCUT2D eigenvalue weighted by molar-refractivity contribution is -0.161. The average Bonchev–Trinajstić information content (AvgIpc) is 2.68. The topological polar surface area (TPSA) is 175 Å². The molecule has 0 fully saturated rings. The maximum Gasteiger partial charge on any atom is 0.340 e. The lowest BCUT2D eigenvalue weighted by Gasteiger charge is -2.21. The second kappa shape index (κ2) is 12.1. The van der Waals surface area contributed by atoms with Gasteiger partial charge in [-0.3, -0.25) is 23.2 Å². The fourth-order valence-corrected chi connectivity index (χ4v) is 3.19. The van der Waals surface area contributed by atoms with Crippen LogP contribution < -0.4 is 16.2 Å². The molecule has 0 saturated carbocycles. The molecule has 0 aliphatic rings. The first-order valence-corrected chi connectivity index (χ1v) is 12.2. The van der Waals surface area contributed by atoms with Crippen molar-refractivity contribution in [3.8, 4) is 5.88 Å². The van der Waals surface area contributed by atoms with Gasteiger partial charge in [-0.15, -0.1) is 0 Å². The third-order valence-corrected chi connectivity index (χ3v) is 5.58. The minimum absolute atomic E-state index is 0.0301. The van der Waals surface area contributed by atoms with Crippen LogP contribution in [-0.4, -0.2) is 48.3 Å². The minimum Gasteiger partial charge on any atom is -0.473 e. The monoisotopic (exact) mass is 502 g/mol. The van der Waals surface area contributed by atoms with Crippen LogP contribution >= 0.6 is 7.60 Å². The van der Waals surface area contributed by atoms with Gasteiger partial charge >= 0.3 is 19.5 Å². The first-order chi connectivity index (χ1) is 15.5. The van der Waals surface area contributed by atoms with Crippen molar-refractivity contribution >= 4 is 31.3 Å². The van der Waals surface area contributed by atoms with Crippen LogP contribution in [0.4, 0.5) is 11.8 Å². The molecule has 0 saturated heterocycles. The first kappa shape index (κ1) is 29.3. The Labute approximate surface area is 199 Å². The van der Waals surface area contributed by atoms with Gasteiger partial charge in [-0.2, -0.15) is 9.97 Å². The molecule has 0 aromatic carbocycles. The Morgan fingerprint density at radius 1 is 0.971 bits per heavy atom. The highest BCUT2D eigenvalue weighted by molar-refractivity contribution is 7.54. The molecular formula is C21H35N4O8P. The van der Waals surface area contributed by atoms with Crippen molar-refractivity contribution in [3.05, 3.63) is 17.7 Å². The van der Waals surface area contributed by atoms with E-state index < -0.39 is 44.0 Å². The van der Waals surface area contributed by atoms with E-state index in [4.69, 9.17) is 34.7 Å². The summed E-state index contributed by atoms with van der Waals surface area (Å²) in [4.78, 5) is 31.5. The summed E-state index contributed by atoms with van der Waals surface area (Å²) in [5, 5.41) is 0. The molecule has 0 aliphatic heterocycles. The van der Waals surface area contributed by atoms with Gasteiger partial charge in [-0.25, -0.2) is 0 Å². The quantitative estimate of drug-likeness (QED) is 0.196. The molecule has 34 heavy (non-hydrogen) atoms. The van der Waals surface area contributed by atoms with Crippen LogP contribution in [0.2, 0.25) is 0 Å². The molecule has 0 spiro atoms. The highest BCUT2D eigenvalue weighted by Gasteiger charge is 2.29. The van der Waals surface area contributed by atoms with Gasteiger partial charge < -0.3 is 25.7 Å². The number of aromatic nitrogens is 2. The van der Waals surface area contributed by atoms with E-state index in [1.54, 1.807) is 54.5 Å². The largest absolute Gasteiger partial charge is 0.473 e. The number of ether oxygens (including phenoxy) is 3. The molecule has 0 bridgehead atoms. The van der Waals surface area contributed by atoms with Crippen LogP contribution in [0.15, 0.2) is 17.7 Å². The predicted octanol–water partition coefficient (Wildman–Crippen LogP) is 3.29. The normalized spacial score (nSPS) is 12.9. The zero-order chi connectivity index (χ0) is 26.2. The van der Waals surface area contributed by atoms with E-state index in [0.29, 0.717) is 5.57 Å². The van der Waals surface area contributed by atoms with Crippen LogP contribution in [0.5, 0.6) is 5.88 Å². The Hall–Kier alpha value is -2.69. The van der Waals surface area contributed by atoms with Crippen LogP contribution in [0.25, 0.3) is 0 Å². The highest BCUT2D eigenvalue weighted by atomic mass is 31.2. The van der Waals surface area contributed by atoms with Gasteiger partial charge in [0, 0.05) is 6.07 Å². The fraction of sp³-hybridized carbons (Fsp3) is 0.619.